The van der Waals surface area contributed by atoms with Gasteiger partial charge in [0.25, 0.3) is 11.6 Å². The molecule has 14 nitrogen and oxygen atoms in total. The van der Waals surface area contributed by atoms with E-state index in [2.05, 4.69) is 15.4 Å². The number of aromatic nitrogens is 3. The molecule has 298 valence electrons. The van der Waals surface area contributed by atoms with E-state index in [9.17, 15) is 29.6 Å². The summed E-state index contributed by atoms with van der Waals surface area (Å²) in [4.78, 5) is 53.0. The van der Waals surface area contributed by atoms with Gasteiger partial charge in [-0.1, -0.05) is 84.9 Å². The Labute approximate surface area is 336 Å². The van der Waals surface area contributed by atoms with Crippen LogP contribution in [0.2, 0.25) is 18.6 Å². The van der Waals surface area contributed by atoms with Gasteiger partial charge in [0.2, 0.25) is 5.91 Å². The number of nitro benzene ring substituents is 1. The first kappa shape index (κ1) is 39.0. The minimum atomic E-state index is -3.03. The summed E-state index contributed by atoms with van der Waals surface area (Å²) >= 11 is 0. The molecule has 8 rings (SSSR count). The molecule has 58 heavy (non-hydrogen) atoms. The number of hydrogen-bond donors (Lipinski definition) is 2. The molecular formula is C43H45N7O7Si. The van der Waals surface area contributed by atoms with Crippen molar-refractivity contribution in [2.75, 3.05) is 16.5 Å². The highest BCUT2D eigenvalue weighted by atomic mass is 28.4. The van der Waals surface area contributed by atoms with Crippen molar-refractivity contribution in [1.29, 1.82) is 0 Å². The lowest BCUT2D eigenvalue weighted by Gasteiger charge is -2.32. The number of aryl methyl sites for hydroxylation is 1. The van der Waals surface area contributed by atoms with Gasteiger partial charge in [-0.15, -0.1) is 5.10 Å². The number of hydrazone groups is 1. The topological polar surface area (TPSA) is 177 Å². The van der Waals surface area contributed by atoms with Crippen LogP contribution < -0.4 is 9.91 Å². The minimum absolute atomic E-state index is 0.114. The molecule has 4 aromatic carbocycles. The molecule has 0 radical (unpaired) electrons. The van der Waals surface area contributed by atoms with Crippen LogP contribution in [-0.2, 0) is 33.0 Å². The summed E-state index contributed by atoms with van der Waals surface area (Å²) in [5, 5.41) is 37.1. The van der Waals surface area contributed by atoms with Crippen LogP contribution in [0.5, 0.6) is 0 Å². The summed E-state index contributed by atoms with van der Waals surface area (Å²) in [5.74, 6) is -1.35. The van der Waals surface area contributed by atoms with Gasteiger partial charge in [-0.05, 0) is 54.4 Å². The molecule has 1 unspecified atom stereocenters. The summed E-state index contributed by atoms with van der Waals surface area (Å²) in [5.41, 5.74) is 3.42. The zero-order chi connectivity index (χ0) is 40.8. The van der Waals surface area contributed by atoms with E-state index in [0.717, 1.165) is 22.4 Å². The fourth-order valence-electron chi connectivity index (χ4n) is 9.02. The number of benzene rings is 4. The van der Waals surface area contributed by atoms with Gasteiger partial charge >= 0.3 is 0 Å². The summed E-state index contributed by atoms with van der Waals surface area (Å²) in [6.45, 7) is 5.91. The van der Waals surface area contributed by atoms with Gasteiger partial charge in [0.15, 0.2) is 13.9 Å². The number of ether oxygens (including phenoxy) is 1. The Morgan fingerprint density at radius 1 is 0.983 bits per heavy atom. The Bertz CT molecular complexity index is 2370. The number of rotatable bonds is 12. The number of carbonyl (C=O) groups is 2. The molecule has 0 aliphatic carbocycles. The van der Waals surface area contributed by atoms with Crippen molar-refractivity contribution in [3.05, 3.63) is 147 Å². The van der Waals surface area contributed by atoms with Gasteiger partial charge in [-0.2, -0.15) is 5.10 Å². The van der Waals surface area contributed by atoms with Crippen LogP contribution in [0.25, 0.3) is 0 Å². The van der Waals surface area contributed by atoms with Crippen LogP contribution in [0.4, 0.5) is 17.1 Å². The highest BCUT2D eigenvalue weighted by Crippen LogP contribution is 2.60. The molecule has 0 bridgehead atoms. The zero-order valence-electron chi connectivity index (χ0n) is 32.5. The quantitative estimate of drug-likeness (QED) is 0.0836. The highest BCUT2D eigenvalue weighted by molar-refractivity contribution is 6.71. The second-order valence-electron chi connectivity index (χ2n) is 15.8. The Morgan fingerprint density at radius 2 is 1.69 bits per heavy atom. The van der Waals surface area contributed by atoms with Crippen molar-refractivity contribution in [1.82, 2.24) is 15.0 Å². The van der Waals surface area contributed by atoms with Crippen LogP contribution in [0.1, 0.15) is 60.1 Å². The number of anilines is 2. The standard InChI is InChI=1S/C43H45N7O7Si/c1-28-41(58(2,3)56)39(22-23-47-26-37(44-46-47)34(27-51)30-10-6-4-7-11-30)57-43(28)35-24-33(50(54)55)18-20-38(35)48(42(43)53)25-29-14-16-32(17-15-29)49-40(52)21-19-36(45-49)31-12-8-5-9-13-31/h4-18,20,24,26,28,34,39,41,51,56H,19,21-23,25,27H2,1-3H3/t28-,34?,39+,41-,43+/m1/s1. The highest BCUT2D eigenvalue weighted by Gasteiger charge is 2.66. The van der Waals surface area contributed by atoms with E-state index in [4.69, 9.17) is 4.74 Å². The van der Waals surface area contributed by atoms with Gasteiger partial charge in [-0.25, -0.2) is 5.01 Å². The number of aliphatic hydroxyl groups is 1. The first-order chi connectivity index (χ1) is 27.9. The maximum atomic E-state index is 15.0. The number of hydrogen-bond acceptors (Lipinski definition) is 10. The molecule has 1 fully saturated rings. The van der Waals surface area contributed by atoms with Gasteiger partial charge in [0.05, 0.1) is 52.9 Å². The van der Waals surface area contributed by atoms with Crippen molar-refractivity contribution in [3.63, 3.8) is 0 Å². The molecule has 1 spiro atoms. The molecule has 2 amide bonds. The molecule has 3 aliphatic rings. The SMILES string of the molecule is C[C@@H]1[C@@H]([Si](C)(C)O)[C@H](CCn2cc(C(CO)c3ccccc3)nn2)O[C@@]12C(=O)N(Cc1ccc(N3N=C(c4ccccc4)CCC3=O)cc1)c1ccc([N+](=O)[O-])cc12. The molecule has 15 heteroatoms. The lowest BCUT2D eigenvalue weighted by molar-refractivity contribution is -0.385. The van der Waals surface area contributed by atoms with Gasteiger partial charge in [0, 0.05) is 54.7 Å². The molecule has 5 atom stereocenters. The number of fused-ring (bicyclic) bond motifs is 2. The van der Waals surface area contributed by atoms with Crippen molar-refractivity contribution in [3.8, 4) is 0 Å². The van der Waals surface area contributed by atoms with Crippen LogP contribution in [-0.4, -0.2) is 68.4 Å². The molecule has 1 aromatic heterocycles. The third kappa shape index (κ3) is 7.04. The average molecular weight is 800 g/mol. The molecule has 4 heterocycles. The van der Waals surface area contributed by atoms with E-state index < -0.39 is 36.4 Å². The van der Waals surface area contributed by atoms with E-state index in [-0.39, 0.29) is 36.6 Å². The van der Waals surface area contributed by atoms with Crippen LogP contribution >= 0.6 is 0 Å². The Balaban J connectivity index is 1.07. The first-order valence-corrected chi connectivity index (χ1v) is 22.5. The summed E-state index contributed by atoms with van der Waals surface area (Å²) in [7, 11) is -3.03. The van der Waals surface area contributed by atoms with E-state index in [1.807, 2.05) is 92.8 Å². The molecule has 1 saturated heterocycles. The largest absolute Gasteiger partial charge is 0.432 e. The summed E-state index contributed by atoms with van der Waals surface area (Å²) in [6, 6.07) is 31.1. The van der Waals surface area contributed by atoms with Gasteiger partial charge in [0.1, 0.15) is 0 Å². The summed E-state index contributed by atoms with van der Waals surface area (Å²) in [6.07, 6.45) is 2.47. The summed E-state index contributed by atoms with van der Waals surface area (Å²) < 4.78 is 8.61. The predicted octanol–water partition coefficient (Wildman–Crippen LogP) is 6.28. The van der Waals surface area contributed by atoms with Crippen molar-refractivity contribution in [2.45, 2.75) is 75.5 Å². The smallest absolute Gasteiger partial charge is 0.269 e. The molecule has 2 N–H and O–H groups in total. The molecule has 5 aromatic rings. The van der Waals surface area contributed by atoms with Gasteiger partial charge < -0.3 is 19.5 Å². The first-order valence-electron chi connectivity index (χ1n) is 19.5. The Hall–Kier alpha value is -5.87. The Morgan fingerprint density at radius 3 is 2.36 bits per heavy atom. The fraction of sp³-hybridized carbons (Fsp3) is 0.326. The maximum absolute atomic E-state index is 15.0. The number of amides is 2. The van der Waals surface area contributed by atoms with E-state index in [1.54, 1.807) is 34.0 Å². The van der Waals surface area contributed by atoms with E-state index >= 15 is 0 Å². The van der Waals surface area contributed by atoms with Crippen molar-refractivity contribution in [2.24, 2.45) is 11.0 Å². The number of aliphatic hydroxyl groups excluding tert-OH is 1. The van der Waals surface area contributed by atoms with E-state index in [0.29, 0.717) is 48.4 Å². The number of non-ortho nitro benzene ring substituents is 1. The normalized spacial score (nSPS) is 22.4. The lowest BCUT2D eigenvalue weighted by Crippen LogP contribution is -2.46. The van der Waals surface area contributed by atoms with Crippen LogP contribution in [0.15, 0.2) is 114 Å². The number of nitrogens with zero attached hydrogens (tertiary/aromatic N) is 7. The lowest BCUT2D eigenvalue weighted by atomic mass is 9.82. The third-order valence-corrected chi connectivity index (χ3v) is 14.3. The van der Waals surface area contributed by atoms with Crippen LogP contribution in [0.3, 0.4) is 0 Å². The van der Waals surface area contributed by atoms with Crippen molar-refractivity contribution < 1.29 is 29.2 Å². The minimum Gasteiger partial charge on any atom is -0.432 e. The monoisotopic (exact) mass is 799 g/mol. The molecular weight excluding hydrogens is 755 g/mol. The molecule has 0 saturated carbocycles. The maximum Gasteiger partial charge on any atom is 0.269 e. The average Bonchev–Trinajstić information content (AvgIpc) is 3.88. The molecule has 3 aliphatic heterocycles. The third-order valence-electron chi connectivity index (χ3n) is 11.8. The number of nitro groups is 1. The number of carbonyl (C=O) groups excluding carboxylic acids is 2. The zero-order valence-corrected chi connectivity index (χ0v) is 33.5. The van der Waals surface area contributed by atoms with Crippen LogP contribution in [0, 0.1) is 16.0 Å². The van der Waals surface area contributed by atoms with Gasteiger partial charge in [-0.3, -0.25) is 24.4 Å². The Kier molecular flexibility index (Phi) is 10.4. The second kappa shape index (κ2) is 15.5. The predicted molar refractivity (Wildman–Crippen MR) is 220 cm³/mol. The second-order valence-corrected chi connectivity index (χ2v) is 19.8. The van der Waals surface area contributed by atoms with Crippen molar-refractivity contribution >= 4 is 42.9 Å². The van der Waals surface area contributed by atoms with E-state index in [1.165, 1.54) is 17.1 Å². The fourth-order valence-corrected chi connectivity index (χ4v) is 11.6.